The molecule has 0 saturated heterocycles. The summed E-state index contributed by atoms with van der Waals surface area (Å²) in [6.45, 7) is 0.759. The Balaban J connectivity index is 1.97. The van der Waals surface area contributed by atoms with Gasteiger partial charge in [-0.1, -0.05) is 49.6 Å². The Labute approximate surface area is 97.3 Å². The van der Waals surface area contributed by atoms with E-state index in [9.17, 15) is 4.79 Å². The van der Waals surface area contributed by atoms with Gasteiger partial charge in [-0.3, -0.25) is 4.79 Å². The largest absolute Gasteiger partial charge is 0.338 e. The van der Waals surface area contributed by atoms with Crippen molar-refractivity contribution in [3.05, 3.63) is 35.9 Å². The van der Waals surface area contributed by atoms with Crippen molar-refractivity contribution in [2.75, 3.05) is 0 Å². The zero-order valence-corrected chi connectivity index (χ0v) is 9.64. The molecule has 1 aromatic rings. The van der Waals surface area contributed by atoms with Crippen LogP contribution in [0.1, 0.15) is 37.7 Å². The molecule has 2 heteroatoms. The molecule has 2 rings (SSSR count). The molecule has 1 amide bonds. The fourth-order valence-electron chi connectivity index (χ4n) is 2.46. The Morgan fingerprint density at radius 1 is 1.12 bits per heavy atom. The van der Waals surface area contributed by atoms with Crippen molar-refractivity contribution in [3.63, 3.8) is 0 Å². The standard InChI is InChI=1S/C14H19NO/c16-12-15(14-9-5-2-6-10-14)11-13-7-3-1-4-8-13/h1,3-4,7-8,12,14H,2,5-6,9-11H2. The first kappa shape index (κ1) is 11.2. The van der Waals surface area contributed by atoms with Crippen LogP contribution in [0.5, 0.6) is 0 Å². The monoisotopic (exact) mass is 217 g/mol. The minimum Gasteiger partial charge on any atom is -0.338 e. The third kappa shape index (κ3) is 2.84. The number of benzene rings is 1. The average Bonchev–Trinajstić information content (AvgIpc) is 2.38. The summed E-state index contributed by atoms with van der Waals surface area (Å²) in [6.07, 6.45) is 7.22. The molecule has 0 heterocycles. The Bertz CT molecular complexity index is 317. The van der Waals surface area contributed by atoms with Gasteiger partial charge < -0.3 is 4.90 Å². The maximum atomic E-state index is 11.1. The van der Waals surface area contributed by atoms with E-state index in [0.29, 0.717) is 6.04 Å². The summed E-state index contributed by atoms with van der Waals surface area (Å²) < 4.78 is 0. The number of rotatable bonds is 4. The Hall–Kier alpha value is -1.31. The van der Waals surface area contributed by atoms with Crippen molar-refractivity contribution < 1.29 is 4.79 Å². The first-order valence-electron chi connectivity index (χ1n) is 6.15. The molecule has 0 spiro atoms. The molecule has 1 saturated carbocycles. The van der Waals surface area contributed by atoms with E-state index in [2.05, 4.69) is 12.1 Å². The van der Waals surface area contributed by atoms with Crippen molar-refractivity contribution in [2.45, 2.75) is 44.7 Å². The molecule has 1 aliphatic rings. The molecule has 0 aromatic heterocycles. The molecule has 1 aromatic carbocycles. The molecular weight excluding hydrogens is 198 g/mol. The smallest absolute Gasteiger partial charge is 0.210 e. The van der Waals surface area contributed by atoms with Crippen LogP contribution in [-0.4, -0.2) is 17.4 Å². The summed E-state index contributed by atoms with van der Waals surface area (Å²) in [5, 5.41) is 0. The number of carbonyl (C=O) groups is 1. The lowest BCUT2D eigenvalue weighted by Gasteiger charge is -2.31. The van der Waals surface area contributed by atoms with Crippen LogP contribution in [0.4, 0.5) is 0 Å². The van der Waals surface area contributed by atoms with E-state index in [1.54, 1.807) is 0 Å². The number of hydrogen-bond donors (Lipinski definition) is 0. The maximum Gasteiger partial charge on any atom is 0.210 e. The molecule has 16 heavy (non-hydrogen) atoms. The molecule has 2 nitrogen and oxygen atoms in total. The molecule has 86 valence electrons. The van der Waals surface area contributed by atoms with E-state index >= 15 is 0 Å². The zero-order chi connectivity index (χ0) is 11.2. The predicted octanol–water partition coefficient (Wildman–Crippen LogP) is 2.98. The average molecular weight is 217 g/mol. The molecule has 0 N–H and O–H groups in total. The van der Waals surface area contributed by atoms with Crippen LogP contribution < -0.4 is 0 Å². The van der Waals surface area contributed by atoms with Crippen molar-refractivity contribution in [1.29, 1.82) is 0 Å². The zero-order valence-electron chi connectivity index (χ0n) is 9.64. The Morgan fingerprint density at radius 2 is 1.81 bits per heavy atom. The van der Waals surface area contributed by atoms with Crippen LogP contribution in [0.3, 0.4) is 0 Å². The van der Waals surface area contributed by atoms with E-state index in [-0.39, 0.29) is 0 Å². The van der Waals surface area contributed by atoms with Gasteiger partial charge in [0.1, 0.15) is 0 Å². The summed E-state index contributed by atoms with van der Waals surface area (Å²) in [5.41, 5.74) is 1.22. The molecule has 0 atom stereocenters. The van der Waals surface area contributed by atoms with Crippen molar-refractivity contribution in [3.8, 4) is 0 Å². The summed E-state index contributed by atoms with van der Waals surface area (Å²) in [6, 6.07) is 10.7. The quantitative estimate of drug-likeness (QED) is 0.710. The van der Waals surface area contributed by atoms with Gasteiger partial charge in [0.25, 0.3) is 0 Å². The summed E-state index contributed by atoms with van der Waals surface area (Å²) in [5.74, 6) is 0. The first-order valence-corrected chi connectivity index (χ1v) is 6.15. The second-order valence-corrected chi connectivity index (χ2v) is 4.56. The van der Waals surface area contributed by atoms with Crippen LogP contribution >= 0.6 is 0 Å². The fraction of sp³-hybridized carbons (Fsp3) is 0.500. The van der Waals surface area contributed by atoms with Gasteiger partial charge in [0.15, 0.2) is 0 Å². The van der Waals surface area contributed by atoms with Gasteiger partial charge in [0.05, 0.1) is 0 Å². The molecule has 0 aliphatic heterocycles. The van der Waals surface area contributed by atoms with Crippen molar-refractivity contribution >= 4 is 6.41 Å². The number of carbonyl (C=O) groups excluding carboxylic acids is 1. The third-order valence-electron chi connectivity index (χ3n) is 3.39. The van der Waals surface area contributed by atoms with Gasteiger partial charge >= 0.3 is 0 Å². The number of nitrogens with zero attached hydrogens (tertiary/aromatic N) is 1. The van der Waals surface area contributed by atoms with Crippen molar-refractivity contribution in [2.24, 2.45) is 0 Å². The maximum absolute atomic E-state index is 11.1. The lowest BCUT2D eigenvalue weighted by atomic mass is 9.94. The lowest BCUT2D eigenvalue weighted by Crippen LogP contribution is -2.35. The van der Waals surface area contributed by atoms with Gasteiger partial charge in [0.2, 0.25) is 6.41 Å². The van der Waals surface area contributed by atoms with Crippen molar-refractivity contribution in [1.82, 2.24) is 4.90 Å². The van der Waals surface area contributed by atoms with Gasteiger partial charge in [-0.2, -0.15) is 0 Å². The van der Waals surface area contributed by atoms with Gasteiger partial charge in [0, 0.05) is 12.6 Å². The Morgan fingerprint density at radius 3 is 2.44 bits per heavy atom. The number of hydrogen-bond acceptors (Lipinski definition) is 1. The highest BCUT2D eigenvalue weighted by Crippen LogP contribution is 2.22. The molecule has 1 aliphatic carbocycles. The van der Waals surface area contributed by atoms with Crippen LogP contribution in [0.15, 0.2) is 30.3 Å². The molecule has 0 bridgehead atoms. The van der Waals surface area contributed by atoms with Crippen LogP contribution in [0.2, 0.25) is 0 Å². The minimum atomic E-state index is 0.464. The predicted molar refractivity (Wildman–Crippen MR) is 64.9 cm³/mol. The van der Waals surface area contributed by atoms with E-state index in [1.807, 2.05) is 23.1 Å². The second kappa shape index (κ2) is 5.69. The summed E-state index contributed by atoms with van der Waals surface area (Å²) in [4.78, 5) is 13.1. The molecule has 1 fully saturated rings. The Kier molecular flexibility index (Phi) is 3.97. The van der Waals surface area contributed by atoms with Crippen LogP contribution in [0, 0.1) is 0 Å². The van der Waals surface area contributed by atoms with Gasteiger partial charge in [-0.15, -0.1) is 0 Å². The molecule has 0 unspecified atom stereocenters. The normalized spacial score (nSPS) is 17.0. The van der Waals surface area contributed by atoms with E-state index in [0.717, 1.165) is 13.0 Å². The van der Waals surface area contributed by atoms with E-state index < -0.39 is 0 Å². The fourth-order valence-corrected chi connectivity index (χ4v) is 2.46. The van der Waals surface area contributed by atoms with Gasteiger partial charge in [-0.25, -0.2) is 0 Å². The SMILES string of the molecule is O=CN(Cc1ccccc1)C1CCCCC1. The highest BCUT2D eigenvalue weighted by Gasteiger charge is 2.19. The van der Waals surface area contributed by atoms with E-state index in [4.69, 9.17) is 0 Å². The molecule has 0 radical (unpaired) electrons. The van der Waals surface area contributed by atoms with E-state index in [1.165, 1.54) is 37.7 Å². The van der Waals surface area contributed by atoms with Gasteiger partial charge in [-0.05, 0) is 18.4 Å². The highest BCUT2D eigenvalue weighted by molar-refractivity contribution is 5.48. The highest BCUT2D eigenvalue weighted by atomic mass is 16.1. The topological polar surface area (TPSA) is 20.3 Å². The first-order chi connectivity index (χ1) is 7.90. The minimum absolute atomic E-state index is 0.464. The lowest BCUT2D eigenvalue weighted by molar-refractivity contribution is -0.121. The van der Waals surface area contributed by atoms with Crippen LogP contribution in [-0.2, 0) is 11.3 Å². The third-order valence-corrected chi connectivity index (χ3v) is 3.39. The second-order valence-electron chi connectivity index (χ2n) is 4.56. The van der Waals surface area contributed by atoms with Crippen LogP contribution in [0.25, 0.3) is 0 Å². The summed E-state index contributed by atoms with van der Waals surface area (Å²) >= 11 is 0. The summed E-state index contributed by atoms with van der Waals surface area (Å²) in [7, 11) is 0. The molecular formula is C14H19NO. The number of amides is 1.